The van der Waals surface area contributed by atoms with Crippen molar-refractivity contribution in [1.82, 2.24) is 4.98 Å². The van der Waals surface area contributed by atoms with E-state index in [2.05, 4.69) is 22.5 Å². The lowest BCUT2D eigenvalue weighted by Gasteiger charge is -2.13. The largest absolute Gasteiger partial charge is 0.464 e. The number of hydrogen-bond acceptors (Lipinski definition) is 4. The fourth-order valence-electron chi connectivity index (χ4n) is 1.66. The van der Waals surface area contributed by atoms with Crippen LogP contribution in [0.15, 0.2) is 34.9 Å². The van der Waals surface area contributed by atoms with Crippen LogP contribution in [0.1, 0.15) is 24.5 Å². The zero-order chi connectivity index (χ0) is 12.3. The van der Waals surface area contributed by atoms with Crippen LogP contribution in [0.5, 0.6) is 0 Å². The van der Waals surface area contributed by atoms with E-state index in [1.165, 1.54) is 0 Å². The Labute approximate surface area is 101 Å². The van der Waals surface area contributed by atoms with Crippen molar-refractivity contribution in [2.75, 3.05) is 17.7 Å². The van der Waals surface area contributed by atoms with Gasteiger partial charge < -0.3 is 15.1 Å². The number of pyridine rings is 1. The van der Waals surface area contributed by atoms with Crippen LogP contribution >= 0.6 is 0 Å². The highest BCUT2D eigenvalue weighted by atomic mass is 16.3. The van der Waals surface area contributed by atoms with Crippen molar-refractivity contribution in [3.05, 3.63) is 42.0 Å². The van der Waals surface area contributed by atoms with E-state index in [0.717, 1.165) is 23.0 Å². The molecule has 0 spiro atoms. The number of anilines is 2. The number of hydrogen-bond donors (Lipinski definition) is 2. The second-order valence-corrected chi connectivity index (χ2v) is 3.99. The lowest BCUT2D eigenvalue weighted by Crippen LogP contribution is -2.06. The molecule has 17 heavy (non-hydrogen) atoms. The summed E-state index contributed by atoms with van der Waals surface area (Å²) in [5, 5.41) is 6.38. The van der Waals surface area contributed by atoms with Gasteiger partial charge in [-0.25, -0.2) is 4.98 Å². The van der Waals surface area contributed by atoms with Crippen molar-refractivity contribution >= 4 is 11.5 Å². The Balaban J connectivity index is 2.09. The maximum absolute atomic E-state index is 5.58. The van der Waals surface area contributed by atoms with Crippen LogP contribution in [-0.4, -0.2) is 12.0 Å². The van der Waals surface area contributed by atoms with Crippen LogP contribution in [-0.2, 0) is 0 Å². The molecule has 0 bridgehead atoms. The zero-order valence-corrected chi connectivity index (χ0v) is 10.3. The maximum Gasteiger partial charge on any atom is 0.127 e. The van der Waals surface area contributed by atoms with Crippen molar-refractivity contribution in [2.45, 2.75) is 19.9 Å². The second-order valence-electron chi connectivity index (χ2n) is 3.99. The Morgan fingerprint density at radius 3 is 2.76 bits per heavy atom. The Kier molecular flexibility index (Phi) is 3.32. The molecular formula is C13H17N3O. The molecule has 2 rings (SSSR count). The van der Waals surface area contributed by atoms with Crippen molar-refractivity contribution in [2.24, 2.45) is 0 Å². The summed E-state index contributed by atoms with van der Waals surface area (Å²) in [5.41, 5.74) is 1.02. The highest BCUT2D eigenvalue weighted by molar-refractivity contribution is 5.52. The van der Waals surface area contributed by atoms with Crippen molar-refractivity contribution < 1.29 is 4.42 Å². The third-order valence-corrected chi connectivity index (χ3v) is 2.59. The van der Waals surface area contributed by atoms with Gasteiger partial charge in [0.05, 0.1) is 6.04 Å². The summed E-state index contributed by atoms with van der Waals surface area (Å²) in [5.74, 6) is 2.71. The van der Waals surface area contributed by atoms with Gasteiger partial charge in [-0.05, 0) is 32.0 Å². The van der Waals surface area contributed by atoms with Gasteiger partial charge in [0.25, 0.3) is 0 Å². The number of furan rings is 1. The topological polar surface area (TPSA) is 50.1 Å². The fraction of sp³-hybridized carbons (Fsp3) is 0.308. The molecule has 2 heterocycles. The molecule has 1 atom stereocenters. The van der Waals surface area contributed by atoms with Crippen LogP contribution in [0.25, 0.3) is 0 Å². The first-order valence-corrected chi connectivity index (χ1v) is 5.65. The molecule has 4 heteroatoms. The molecule has 1 unspecified atom stereocenters. The summed E-state index contributed by atoms with van der Waals surface area (Å²) in [7, 11) is 1.85. The summed E-state index contributed by atoms with van der Waals surface area (Å²) in [4.78, 5) is 4.17. The van der Waals surface area contributed by atoms with Gasteiger partial charge in [0.1, 0.15) is 17.3 Å². The molecule has 0 aliphatic rings. The van der Waals surface area contributed by atoms with Crippen molar-refractivity contribution in [1.29, 1.82) is 0 Å². The monoisotopic (exact) mass is 231 g/mol. The molecule has 0 radical (unpaired) electrons. The normalized spacial score (nSPS) is 12.2. The van der Waals surface area contributed by atoms with E-state index in [1.54, 1.807) is 6.20 Å². The quantitative estimate of drug-likeness (QED) is 0.848. The molecule has 0 aliphatic carbocycles. The Morgan fingerprint density at radius 1 is 1.29 bits per heavy atom. The van der Waals surface area contributed by atoms with Gasteiger partial charge in [0.2, 0.25) is 0 Å². The molecule has 0 fully saturated rings. The third kappa shape index (κ3) is 2.78. The molecule has 2 aromatic heterocycles. The van der Waals surface area contributed by atoms with Gasteiger partial charge >= 0.3 is 0 Å². The lowest BCUT2D eigenvalue weighted by atomic mass is 10.2. The Bertz CT molecular complexity index is 493. The molecule has 0 saturated heterocycles. The van der Waals surface area contributed by atoms with E-state index in [4.69, 9.17) is 4.42 Å². The van der Waals surface area contributed by atoms with Gasteiger partial charge in [0.15, 0.2) is 0 Å². The van der Waals surface area contributed by atoms with E-state index in [1.807, 2.05) is 38.2 Å². The van der Waals surface area contributed by atoms with Crippen LogP contribution in [0.2, 0.25) is 0 Å². The number of rotatable bonds is 4. The van der Waals surface area contributed by atoms with E-state index >= 15 is 0 Å². The predicted octanol–water partition coefficient (Wildman–Crippen LogP) is 3.20. The SMILES string of the molecule is CNc1cc(NC(C)c2ccc(C)o2)ccn1. The molecule has 0 amide bonds. The average molecular weight is 231 g/mol. The van der Waals surface area contributed by atoms with E-state index < -0.39 is 0 Å². The summed E-state index contributed by atoms with van der Waals surface area (Å²) in [6, 6.07) is 8.00. The maximum atomic E-state index is 5.58. The fourth-order valence-corrected chi connectivity index (χ4v) is 1.66. The number of aryl methyl sites for hydroxylation is 1. The van der Waals surface area contributed by atoms with Crippen LogP contribution in [0, 0.1) is 6.92 Å². The van der Waals surface area contributed by atoms with Crippen molar-refractivity contribution in [3.63, 3.8) is 0 Å². The van der Waals surface area contributed by atoms with E-state index in [-0.39, 0.29) is 6.04 Å². The molecule has 0 saturated carbocycles. The highest BCUT2D eigenvalue weighted by Gasteiger charge is 2.09. The second kappa shape index (κ2) is 4.91. The van der Waals surface area contributed by atoms with Crippen LogP contribution in [0.4, 0.5) is 11.5 Å². The van der Waals surface area contributed by atoms with E-state index in [9.17, 15) is 0 Å². The molecule has 90 valence electrons. The minimum atomic E-state index is 0.135. The van der Waals surface area contributed by atoms with Gasteiger partial charge in [-0.2, -0.15) is 0 Å². The minimum Gasteiger partial charge on any atom is -0.464 e. The minimum absolute atomic E-state index is 0.135. The summed E-state index contributed by atoms with van der Waals surface area (Å²) < 4.78 is 5.58. The molecule has 2 aromatic rings. The lowest BCUT2D eigenvalue weighted by molar-refractivity contribution is 0.467. The van der Waals surface area contributed by atoms with Gasteiger partial charge in [-0.3, -0.25) is 0 Å². The number of aromatic nitrogens is 1. The molecule has 0 aromatic carbocycles. The predicted molar refractivity (Wildman–Crippen MR) is 69.3 cm³/mol. The van der Waals surface area contributed by atoms with Crippen LogP contribution < -0.4 is 10.6 Å². The first kappa shape index (κ1) is 11.5. The summed E-state index contributed by atoms with van der Waals surface area (Å²) in [6.45, 7) is 4.01. The zero-order valence-electron chi connectivity index (χ0n) is 10.3. The molecular weight excluding hydrogens is 214 g/mol. The van der Waals surface area contributed by atoms with E-state index in [0.29, 0.717) is 0 Å². The number of nitrogens with zero attached hydrogens (tertiary/aromatic N) is 1. The number of nitrogens with one attached hydrogen (secondary N) is 2. The average Bonchev–Trinajstić information content (AvgIpc) is 2.76. The Hall–Kier alpha value is -1.97. The third-order valence-electron chi connectivity index (χ3n) is 2.59. The summed E-state index contributed by atoms with van der Waals surface area (Å²) in [6.07, 6.45) is 1.77. The molecule has 4 nitrogen and oxygen atoms in total. The summed E-state index contributed by atoms with van der Waals surface area (Å²) >= 11 is 0. The van der Waals surface area contributed by atoms with Gasteiger partial charge in [-0.15, -0.1) is 0 Å². The van der Waals surface area contributed by atoms with Crippen molar-refractivity contribution in [3.8, 4) is 0 Å². The van der Waals surface area contributed by atoms with Gasteiger partial charge in [0, 0.05) is 25.0 Å². The first-order valence-electron chi connectivity index (χ1n) is 5.65. The Morgan fingerprint density at radius 2 is 2.12 bits per heavy atom. The van der Waals surface area contributed by atoms with Gasteiger partial charge in [-0.1, -0.05) is 0 Å². The molecule has 2 N–H and O–H groups in total. The highest BCUT2D eigenvalue weighted by Crippen LogP contribution is 2.21. The first-order chi connectivity index (χ1) is 8.19. The standard InChI is InChI=1S/C13H17N3O/c1-9-4-5-12(17-9)10(2)16-11-6-7-15-13(8-11)14-3/h4-8,10H,1-3H3,(H2,14,15,16). The smallest absolute Gasteiger partial charge is 0.127 e. The molecule has 0 aliphatic heterocycles. The van der Waals surface area contributed by atoms with Crippen LogP contribution in [0.3, 0.4) is 0 Å².